The Labute approximate surface area is 134 Å². The van der Waals surface area contributed by atoms with Crippen molar-refractivity contribution < 1.29 is 4.79 Å². The SMILES string of the molecule is CC1=C(C)C[C@]2(C(=O)c3ccccc3)CC(C)=C(C)C[C@@H]2C1. The van der Waals surface area contributed by atoms with Gasteiger partial charge in [0.1, 0.15) is 0 Å². The summed E-state index contributed by atoms with van der Waals surface area (Å²) >= 11 is 0. The van der Waals surface area contributed by atoms with Crippen LogP contribution in [0, 0.1) is 11.3 Å². The van der Waals surface area contributed by atoms with Crippen LogP contribution in [0.15, 0.2) is 52.6 Å². The average Bonchev–Trinajstić information content (AvgIpc) is 2.51. The van der Waals surface area contributed by atoms with E-state index in [0.717, 1.165) is 31.2 Å². The van der Waals surface area contributed by atoms with Gasteiger partial charge in [-0.05, 0) is 59.3 Å². The fourth-order valence-electron chi connectivity index (χ4n) is 4.37. The molecule has 2 aliphatic carbocycles. The smallest absolute Gasteiger partial charge is 0.169 e. The Morgan fingerprint density at radius 1 is 0.864 bits per heavy atom. The second-order valence-corrected chi connectivity index (χ2v) is 7.43. The van der Waals surface area contributed by atoms with E-state index in [0.29, 0.717) is 11.7 Å². The maximum atomic E-state index is 13.4. The Morgan fingerprint density at radius 2 is 1.36 bits per heavy atom. The number of hydrogen-bond donors (Lipinski definition) is 0. The summed E-state index contributed by atoms with van der Waals surface area (Å²) in [7, 11) is 0. The summed E-state index contributed by atoms with van der Waals surface area (Å²) in [4.78, 5) is 13.4. The van der Waals surface area contributed by atoms with Crippen molar-refractivity contribution in [3.63, 3.8) is 0 Å². The molecule has 0 saturated carbocycles. The van der Waals surface area contributed by atoms with Gasteiger partial charge in [0.05, 0.1) is 0 Å². The Kier molecular flexibility index (Phi) is 3.84. The standard InChI is InChI=1S/C21H26O/c1-14-10-19-11-15(2)17(4)13-21(19,12-16(14)3)20(22)18-8-6-5-7-9-18/h5-9,19H,10-13H2,1-4H3/t19-,21-. The summed E-state index contributed by atoms with van der Waals surface area (Å²) in [6.07, 6.45) is 4.02. The van der Waals surface area contributed by atoms with Crippen molar-refractivity contribution in [2.75, 3.05) is 0 Å². The Hall–Kier alpha value is -1.63. The number of carbonyl (C=O) groups excluding carboxylic acids is 1. The van der Waals surface area contributed by atoms with E-state index in [1.54, 1.807) is 0 Å². The van der Waals surface area contributed by atoms with Crippen LogP contribution in [0.1, 0.15) is 63.7 Å². The van der Waals surface area contributed by atoms with Crippen molar-refractivity contribution >= 4 is 5.78 Å². The van der Waals surface area contributed by atoms with E-state index in [9.17, 15) is 4.79 Å². The van der Waals surface area contributed by atoms with Gasteiger partial charge in [0.25, 0.3) is 0 Å². The number of benzene rings is 1. The van der Waals surface area contributed by atoms with Crippen molar-refractivity contribution in [3.05, 3.63) is 58.2 Å². The first kappa shape index (κ1) is 15.3. The van der Waals surface area contributed by atoms with Crippen LogP contribution in [0.4, 0.5) is 0 Å². The second-order valence-electron chi connectivity index (χ2n) is 7.43. The lowest BCUT2D eigenvalue weighted by molar-refractivity contribution is 0.0605. The molecule has 3 rings (SSSR count). The normalized spacial score (nSPS) is 28.6. The van der Waals surface area contributed by atoms with Crippen molar-refractivity contribution in [2.45, 2.75) is 53.4 Å². The number of carbonyl (C=O) groups is 1. The van der Waals surface area contributed by atoms with E-state index in [1.165, 1.54) is 22.3 Å². The Morgan fingerprint density at radius 3 is 1.86 bits per heavy atom. The number of allylic oxidation sites excluding steroid dienone is 4. The van der Waals surface area contributed by atoms with Crippen LogP contribution in [0.25, 0.3) is 0 Å². The lowest BCUT2D eigenvalue weighted by Crippen LogP contribution is -2.44. The van der Waals surface area contributed by atoms with Gasteiger partial charge in [-0.1, -0.05) is 52.6 Å². The quantitative estimate of drug-likeness (QED) is 0.502. The van der Waals surface area contributed by atoms with Gasteiger partial charge < -0.3 is 0 Å². The molecule has 0 aromatic heterocycles. The van der Waals surface area contributed by atoms with Crippen molar-refractivity contribution in [2.24, 2.45) is 11.3 Å². The molecule has 0 bridgehead atoms. The first-order valence-electron chi connectivity index (χ1n) is 8.34. The molecule has 0 saturated heterocycles. The van der Waals surface area contributed by atoms with Crippen LogP contribution in [0.5, 0.6) is 0 Å². The fraction of sp³-hybridized carbons (Fsp3) is 0.476. The largest absolute Gasteiger partial charge is 0.294 e. The predicted molar refractivity (Wildman–Crippen MR) is 91.9 cm³/mol. The molecule has 0 N–H and O–H groups in total. The highest BCUT2D eigenvalue weighted by Crippen LogP contribution is 2.54. The van der Waals surface area contributed by atoms with Crippen LogP contribution in [-0.4, -0.2) is 5.78 Å². The van der Waals surface area contributed by atoms with Gasteiger partial charge in [-0.2, -0.15) is 0 Å². The van der Waals surface area contributed by atoms with Crippen LogP contribution >= 0.6 is 0 Å². The summed E-state index contributed by atoms with van der Waals surface area (Å²) in [6, 6.07) is 9.90. The molecule has 1 aromatic rings. The number of ketones is 1. The molecule has 0 amide bonds. The second kappa shape index (κ2) is 5.53. The Bertz CT molecular complexity index is 630. The molecule has 0 fully saturated rings. The summed E-state index contributed by atoms with van der Waals surface area (Å²) in [6.45, 7) is 8.91. The molecule has 0 radical (unpaired) electrons. The molecular weight excluding hydrogens is 268 g/mol. The van der Waals surface area contributed by atoms with E-state index >= 15 is 0 Å². The number of rotatable bonds is 2. The van der Waals surface area contributed by atoms with E-state index in [4.69, 9.17) is 0 Å². The van der Waals surface area contributed by atoms with Crippen LogP contribution in [0.2, 0.25) is 0 Å². The van der Waals surface area contributed by atoms with Crippen LogP contribution in [-0.2, 0) is 0 Å². The van der Waals surface area contributed by atoms with Crippen molar-refractivity contribution in [3.8, 4) is 0 Å². The molecule has 0 spiro atoms. The summed E-state index contributed by atoms with van der Waals surface area (Å²) in [5, 5.41) is 0. The lowest BCUT2D eigenvalue weighted by Gasteiger charge is -2.47. The summed E-state index contributed by atoms with van der Waals surface area (Å²) in [5.74, 6) is 0.824. The maximum absolute atomic E-state index is 13.4. The minimum Gasteiger partial charge on any atom is -0.294 e. The van der Waals surface area contributed by atoms with Gasteiger partial charge in [0, 0.05) is 11.0 Å². The average molecular weight is 294 g/mol. The molecule has 0 heterocycles. The zero-order valence-electron chi connectivity index (χ0n) is 14.2. The number of fused-ring (bicyclic) bond motifs is 1. The lowest BCUT2D eigenvalue weighted by atomic mass is 9.55. The Balaban J connectivity index is 2.08. The molecule has 0 atom stereocenters. The predicted octanol–water partition coefficient (Wildman–Crippen LogP) is 5.73. The first-order valence-corrected chi connectivity index (χ1v) is 8.34. The van der Waals surface area contributed by atoms with Gasteiger partial charge in [0.15, 0.2) is 5.78 Å². The third kappa shape index (κ3) is 2.37. The number of hydrogen-bond acceptors (Lipinski definition) is 1. The molecule has 2 aliphatic rings. The van der Waals surface area contributed by atoms with E-state index in [-0.39, 0.29) is 5.41 Å². The minimum absolute atomic E-state index is 0.214. The molecular formula is C21H26O. The molecule has 1 nitrogen and oxygen atoms in total. The van der Waals surface area contributed by atoms with Crippen LogP contribution < -0.4 is 0 Å². The van der Waals surface area contributed by atoms with Crippen molar-refractivity contribution in [1.82, 2.24) is 0 Å². The fourth-order valence-corrected chi connectivity index (χ4v) is 4.37. The van der Waals surface area contributed by atoms with Gasteiger partial charge in [-0.15, -0.1) is 0 Å². The highest BCUT2D eigenvalue weighted by Gasteiger charge is 2.49. The summed E-state index contributed by atoms with van der Waals surface area (Å²) < 4.78 is 0. The van der Waals surface area contributed by atoms with Gasteiger partial charge >= 0.3 is 0 Å². The first-order chi connectivity index (χ1) is 10.4. The highest BCUT2D eigenvalue weighted by molar-refractivity contribution is 6.01. The van der Waals surface area contributed by atoms with E-state index < -0.39 is 0 Å². The minimum atomic E-state index is -0.214. The van der Waals surface area contributed by atoms with Gasteiger partial charge in [0.2, 0.25) is 0 Å². The summed E-state index contributed by atoms with van der Waals surface area (Å²) in [5.41, 5.74) is 6.50. The van der Waals surface area contributed by atoms with E-state index in [2.05, 4.69) is 27.7 Å². The monoisotopic (exact) mass is 294 g/mol. The molecule has 0 unspecified atom stereocenters. The van der Waals surface area contributed by atoms with E-state index in [1.807, 2.05) is 30.3 Å². The molecule has 1 aromatic carbocycles. The molecule has 1 heteroatoms. The molecule has 116 valence electrons. The third-order valence-corrected chi connectivity index (χ3v) is 5.99. The highest BCUT2D eigenvalue weighted by atomic mass is 16.1. The zero-order chi connectivity index (χ0) is 15.9. The number of Topliss-reactive ketones (excluding diaryl/α,β-unsaturated/α-hetero) is 1. The van der Waals surface area contributed by atoms with Gasteiger partial charge in [-0.3, -0.25) is 4.79 Å². The topological polar surface area (TPSA) is 17.1 Å². The van der Waals surface area contributed by atoms with Gasteiger partial charge in [-0.25, -0.2) is 0 Å². The third-order valence-electron chi connectivity index (χ3n) is 5.99. The molecule has 22 heavy (non-hydrogen) atoms. The molecule has 0 aliphatic heterocycles. The zero-order valence-corrected chi connectivity index (χ0v) is 14.2. The maximum Gasteiger partial charge on any atom is 0.169 e. The van der Waals surface area contributed by atoms with Crippen molar-refractivity contribution in [1.29, 1.82) is 0 Å². The van der Waals surface area contributed by atoms with Crippen LogP contribution in [0.3, 0.4) is 0 Å².